The first-order valence-electron chi connectivity index (χ1n) is 13.9. The average Bonchev–Trinajstić information content (AvgIpc) is 2.79. The highest BCUT2D eigenvalue weighted by Gasteiger charge is 2.34. The Morgan fingerprint density at radius 2 is 1.12 bits per heavy atom. The minimum absolute atomic E-state index is 0. The summed E-state index contributed by atoms with van der Waals surface area (Å²) in [5.41, 5.74) is 0. The number of nitrogens with zero attached hydrogens (tertiary/aromatic N) is 2. The predicted octanol–water partition coefficient (Wildman–Crippen LogP) is 3.92. The molecule has 0 saturated carbocycles. The first kappa shape index (κ1) is 33.1. The van der Waals surface area contributed by atoms with Crippen LogP contribution in [0.1, 0.15) is 117 Å². The Kier molecular flexibility index (Phi) is 20.4. The van der Waals surface area contributed by atoms with Gasteiger partial charge in [0.2, 0.25) is 10.0 Å². The van der Waals surface area contributed by atoms with Crippen LogP contribution < -0.4 is 17.0 Å². The number of rotatable bonds is 21. The fraction of sp³-hybridized carbons (Fsp3) is 0.926. The lowest BCUT2D eigenvalue weighted by atomic mass is 10.0. The monoisotopic (exact) mass is 550 g/mol. The maximum atomic E-state index is 12.7. The van der Waals surface area contributed by atoms with E-state index in [4.69, 9.17) is 0 Å². The minimum atomic E-state index is -3.08. The number of halogens is 1. The van der Waals surface area contributed by atoms with Crippen molar-refractivity contribution in [2.45, 2.75) is 117 Å². The van der Waals surface area contributed by atoms with Gasteiger partial charge in [-0.2, -0.15) is 4.31 Å². The molecule has 0 bridgehead atoms. The Morgan fingerprint density at radius 3 is 1.48 bits per heavy atom. The van der Waals surface area contributed by atoms with Crippen LogP contribution in [-0.2, 0) is 10.0 Å². The molecule has 1 fully saturated rings. The van der Waals surface area contributed by atoms with Crippen LogP contribution in [-0.4, -0.2) is 62.2 Å². The Hall–Kier alpha value is 0.0900. The van der Waals surface area contributed by atoms with E-state index >= 15 is 0 Å². The van der Waals surface area contributed by atoms with Gasteiger partial charge in [0.25, 0.3) is 0 Å². The van der Waals surface area contributed by atoms with E-state index in [1.807, 2.05) is 6.08 Å². The largest absolute Gasteiger partial charge is 1.00 e. The SMILES string of the molecule is C=CC[N+]1(CC)CCN(S(=O)(=O)CCCCCCCCCCCCCCCCCC)CC1.[Br-]. The van der Waals surface area contributed by atoms with Crippen LogP contribution in [0.15, 0.2) is 12.7 Å². The van der Waals surface area contributed by atoms with E-state index in [0.29, 0.717) is 18.8 Å². The molecule has 1 rings (SSSR count). The van der Waals surface area contributed by atoms with Gasteiger partial charge in [0.15, 0.2) is 0 Å². The van der Waals surface area contributed by atoms with E-state index in [0.717, 1.165) is 43.5 Å². The minimum Gasteiger partial charge on any atom is -1.00 e. The zero-order valence-electron chi connectivity index (χ0n) is 22.0. The number of quaternary nitrogens is 1. The molecule has 1 saturated heterocycles. The second kappa shape index (κ2) is 20.3. The molecule has 0 amide bonds. The van der Waals surface area contributed by atoms with Gasteiger partial charge in [-0.15, -0.1) is 0 Å². The van der Waals surface area contributed by atoms with Crippen LogP contribution in [0.25, 0.3) is 0 Å². The fourth-order valence-corrected chi connectivity index (χ4v) is 6.56. The topological polar surface area (TPSA) is 37.4 Å². The summed E-state index contributed by atoms with van der Waals surface area (Å²) < 4.78 is 28.1. The van der Waals surface area contributed by atoms with Crippen LogP contribution >= 0.6 is 0 Å². The summed E-state index contributed by atoms with van der Waals surface area (Å²) in [5, 5.41) is 0. The standard InChI is InChI=1S/C27H55N2O2S.BrH/c1-4-7-8-9-10-11-12-13-14-15-16-17-18-19-20-21-27-32(30,31)28-22-25-29(6-3,24-5-2)26-23-28;/h5H,2,4,6-27H2,1,3H3;1H/q+1;/p-1. The highest BCUT2D eigenvalue weighted by Crippen LogP contribution is 2.18. The van der Waals surface area contributed by atoms with E-state index in [1.165, 1.54) is 89.9 Å². The van der Waals surface area contributed by atoms with E-state index in [2.05, 4.69) is 20.4 Å². The van der Waals surface area contributed by atoms with E-state index < -0.39 is 10.0 Å². The number of sulfonamides is 1. The van der Waals surface area contributed by atoms with Gasteiger partial charge in [0.1, 0.15) is 0 Å². The molecule has 0 radical (unpaired) electrons. The summed E-state index contributed by atoms with van der Waals surface area (Å²) >= 11 is 0. The van der Waals surface area contributed by atoms with Gasteiger partial charge >= 0.3 is 0 Å². The Morgan fingerprint density at radius 1 is 0.727 bits per heavy atom. The molecule has 0 aliphatic carbocycles. The third-order valence-electron chi connectivity index (χ3n) is 7.48. The average molecular weight is 552 g/mol. The molecule has 1 aliphatic rings. The summed E-state index contributed by atoms with van der Waals surface area (Å²) in [6, 6.07) is 0. The van der Waals surface area contributed by atoms with Crippen molar-refractivity contribution in [3.05, 3.63) is 12.7 Å². The molecular weight excluding hydrogens is 496 g/mol. The van der Waals surface area contributed by atoms with Crippen molar-refractivity contribution < 1.29 is 29.9 Å². The summed E-state index contributed by atoms with van der Waals surface area (Å²) in [6.07, 6.45) is 23.0. The molecule has 6 heteroatoms. The van der Waals surface area contributed by atoms with Crippen LogP contribution in [0.5, 0.6) is 0 Å². The predicted molar refractivity (Wildman–Crippen MR) is 141 cm³/mol. The van der Waals surface area contributed by atoms with Gasteiger partial charge in [0, 0.05) is 0 Å². The van der Waals surface area contributed by atoms with Gasteiger partial charge in [-0.3, -0.25) is 0 Å². The summed E-state index contributed by atoms with van der Waals surface area (Å²) in [7, 11) is -3.08. The molecule has 0 aromatic heterocycles. The first-order valence-corrected chi connectivity index (χ1v) is 15.5. The first-order chi connectivity index (χ1) is 15.5. The third kappa shape index (κ3) is 14.9. The highest BCUT2D eigenvalue weighted by atomic mass is 79.9. The Labute approximate surface area is 218 Å². The zero-order chi connectivity index (χ0) is 23.5. The smallest absolute Gasteiger partial charge is 0.214 e. The van der Waals surface area contributed by atoms with Crippen LogP contribution in [0, 0.1) is 0 Å². The quantitative estimate of drug-likeness (QED) is 0.123. The summed E-state index contributed by atoms with van der Waals surface area (Å²) in [4.78, 5) is 0. The van der Waals surface area contributed by atoms with Crippen LogP contribution in [0.3, 0.4) is 0 Å². The second-order valence-electron chi connectivity index (χ2n) is 10.1. The lowest BCUT2D eigenvalue weighted by Crippen LogP contribution is -3.00. The molecule has 0 N–H and O–H groups in total. The third-order valence-corrected chi connectivity index (χ3v) is 9.44. The van der Waals surface area contributed by atoms with Crippen molar-refractivity contribution in [2.24, 2.45) is 0 Å². The molecule has 0 aromatic rings. The van der Waals surface area contributed by atoms with Crippen molar-refractivity contribution in [1.29, 1.82) is 0 Å². The zero-order valence-corrected chi connectivity index (χ0v) is 24.4. The van der Waals surface area contributed by atoms with Gasteiger partial charge in [0.05, 0.1) is 45.0 Å². The second-order valence-corrected chi connectivity index (χ2v) is 12.2. The van der Waals surface area contributed by atoms with Crippen LogP contribution in [0.4, 0.5) is 0 Å². The van der Waals surface area contributed by atoms with E-state index in [9.17, 15) is 8.42 Å². The van der Waals surface area contributed by atoms with Crippen molar-refractivity contribution in [1.82, 2.24) is 4.31 Å². The Bertz CT molecular complexity index is 560. The summed E-state index contributed by atoms with van der Waals surface area (Å²) in [6.45, 7) is 13.5. The Balaban J connectivity index is 0.0000102. The van der Waals surface area contributed by atoms with Crippen molar-refractivity contribution in [3.63, 3.8) is 0 Å². The number of unbranched alkanes of at least 4 members (excludes halogenated alkanes) is 15. The molecule has 1 aliphatic heterocycles. The molecule has 0 spiro atoms. The van der Waals surface area contributed by atoms with E-state index in [-0.39, 0.29) is 17.0 Å². The maximum absolute atomic E-state index is 12.7. The maximum Gasteiger partial charge on any atom is 0.214 e. The van der Waals surface area contributed by atoms with Gasteiger partial charge < -0.3 is 21.5 Å². The fourth-order valence-electron chi connectivity index (χ4n) is 5.01. The lowest BCUT2D eigenvalue weighted by Gasteiger charge is -2.43. The van der Waals surface area contributed by atoms with Gasteiger partial charge in [-0.05, 0) is 19.4 Å². The van der Waals surface area contributed by atoms with Crippen LogP contribution in [0.2, 0.25) is 0 Å². The highest BCUT2D eigenvalue weighted by molar-refractivity contribution is 7.89. The molecule has 1 heterocycles. The van der Waals surface area contributed by atoms with Gasteiger partial charge in [-0.25, -0.2) is 8.42 Å². The van der Waals surface area contributed by atoms with Crippen molar-refractivity contribution in [3.8, 4) is 0 Å². The molecule has 0 atom stereocenters. The molecule has 33 heavy (non-hydrogen) atoms. The van der Waals surface area contributed by atoms with E-state index in [1.54, 1.807) is 4.31 Å². The normalized spacial score (nSPS) is 16.4. The lowest BCUT2D eigenvalue weighted by molar-refractivity contribution is -0.924. The summed E-state index contributed by atoms with van der Waals surface area (Å²) in [5.74, 6) is 0.332. The molecule has 0 unspecified atom stereocenters. The number of likely N-dealkylation sites (N-methyl/N-ethyl adjacent to an activating group) is 1. The number of hydrogen-bond donors (Lipinski definition) is 0. The molecule has 0 aromatic carbocycles. The van der Waals surface area contributed by atoms with Gasteiger partial charge in [-0.1, -0.05) is 110 Å². The number of piperazine rings is 1. The molecular formula is C27H55BrN2O2S. The molecule has 198 valence electrons. The number of hydrogen-bond acceptors (Lipinski definition) is 2. The molecule has 4 nitrogen and oxygen atoms in total. The van der Waals surface area contributed by atoms with Crippen molar-refractivity contribution in [2.75, 3.05) is 45.0 Å². The van der Waals surface area contributed by atoms with Crippen molar-refractivity contribution >= 4 is 10.0 Å².